The summed E-state index contributed by atoms with van der Waals surface area (Å²) in [4.78, 5) is 12.2. The van der Waals surface area contributed by atoms with Gasteiger partial charge in [-0.25, -0.2) is 0 Å². The van der Waals surface area contributed by atoms with E-state index in [1.807, 2.05) is 24.3 Å². The lowest BCUT2D eigenvalue weighted by molar-refractivity contribution is 0.104. The quantitative estimate of drug-likeness (QED) is 0.626. The molecule has 5 nitrogen and oxygen atoms in total. The van der Waals surface area contributed by atoms with Gasteiger partial charge in [0, 0.05) is 24.0 Å². The summed E-state index contributed by atoms with van der Waals surface area (Å²) >= 11 is 0. The van der Waals surface area contributed by atoms with Crippen molar-refractivity contribution in [3.05, 3.63) is 60.3 Å². The second-order valence-corrected chi connectivity index (χ2v) is 4.64. The van der Waals surface area contributed by atoms with E-state index in [9.17, 15) is 4.79 Å². The van der Waals surface area contributed by atoms with E-state index in [0.717, 1.165) is 11.4 Å². The number of hydrogen-bond acceptors (Lipinski definition) is 5. The molecule has 0 aliphatic heterocycles. The Labute approximate surface area is 135 Å². The van der Waals surface area contributed by atoms with Crippen LogP contribution in [0.15, 0.2) is 54.7 Å². The van der Waals surface area contributed by atoms with Crippen LogP contribution in [0.2, 0.25) is 0 Å². The number of hydrogen-bond donors (Lipinski definition) is 1. The molecule has 0 spiro atoms. The highest BCUT2D eigenvalue weighted by molar-refractivity contribution is 6.06. The molecule has 2 aromatic rings. The van der Waals surface area contributed by atoms with Crippen molar-refractivity contribution in [1.82, 2.24) is 0 Å². The fourth-order valence-electron chi connectivity index (χ4n) is 1.99. The second-order valence-electron chi connectivity index (χ2n) is 4.64. The van der Waals surface area contributed by atoms with E-state index in [4.69, 9.17) is 14.2 Å². The Morgan fingerprint density at radius 3 is 2.17 bits per heavy atom. The fraction of sp³-hybridized carbons (Fsp3) is 0.167. The van der Waals surface area contributed by atoms with Crippen LogP contribution in [-0.2, 0) is 0 Å². The zero-order chi connectivity index (χ0) is 16.7. The molecule has 0 atom stereocenters. The normalized spacial score (nSPS) is 10.4. The molecule has 0 bridgehead atoms. The molecule has 0 radical (unpaired) electrons. The minimum atomic E-state index is -0.162. The van der Waals surface area contributed by atoms with E-state index in [1.54, 1.807) is 38.6 Å². The van der Waals surface area contributed by atoms with E-state index in [0.29, 0.717) is 17.1 Å². The molecule has 2 aromatic carbocycles. The van der Waals surface area contributed by atoms with Gasteiger partial charge in [0.2, 0.25) is 0 Å². The van der Waals surface area contributed by atoms with Gasteiger partial charge in [0.25, 0.3) is 0 Å². The van der Waals surface area contributed by atoms with Crippen LogP contribution in [0, 0.1) is 0 Å². The summed E-state index contributed by atoms with van der Waals surface area (Å²) in [6.45, 7) is 0. The fourth-order valence-corrected chi connectivity index (χ4v) is 1.99. The predicted octanol–water partition coefficient (Wildman–Crippen LogP) is 3.52. The van der Waals surface area contributed by atoms with Crippen LogP contribution in [0.4, 0.5) is 5.69 Å². The predicted molar refractivity (Wildman–Crippen MR) is 89.6 cm³/mol. The first-order chi connectivity index (χ1) is 11.2. The number of carbonyl (C=O) groups excluding carboxylic acids is 1. The summed E-state index contributed by atoms with van der Waals surface area (Å²) in [5.74, 6) is 1.73. The highest BCUT2D eigenvalue weighted by atomic mass is 16.5. The van der Waals surface area contributed by atoms with Gasteiger partial charge >= 0.3 is 0 Å². The smallest absolute Gasteiger partial charge is 0.191 e. The van der Waals surface area contributed by atoms with Crippen LogP contribution < -0.4 is 19.5 Å². The van der Waals surface area contributed by atoms with Gasteiger partial charge in [-0.15, -0.1) is 0 Å². The van der Waals surface area contributed by atoms with Crippen molar-refractivity contribution >= 4 is 11.5 Å². The van der Waals surface area contributed by atoms with Crippen molar-refractivity contribution in [2.24, 2.45) is 0 Å². The highest BCUT2D eigenvalue weighted by Crippen LogP contribution is 2.25. The number of ether oxygens (including phenoxy) is 3. The third kappa shape index (κ3) is 4.26. The number of benzene rings is 2. The first-order valence-corrected chi connectivity index (χ1v) is 7.01. The van der Waals surface area contributed by atoms with Crippen molar-refractivity contribution in [2.75, 3.05) is 26.6 Å². The Hall–Kier alpha value is -2.95. The van der Waals surface area contributed by atoms with Crippen molar-refractivity contribution < 1.29 is 19.0 Å². The Bertz CT molecular complexity index is 693. The number of nitrogens with one attached hydrogen (secondary N) is 1. The Morgan fingerprint density at radius 2 is 1.57 bits per heavy atom. The van der Waals surface area contributed by atoms with E-state index < -0.39 is 0 Å². The van der Waals surface area contributed by atoms with Crippen molar-refractivity contribution in [2.45, 2.75) is 0 Å². The van der Waals surface area contributed by atoms with Crippen molar-refractivity contribution in [3.63, 3.8) is 0 Å². The Kier molecular flexibility index (Phi) is 5.63. The molecule has 0 aromatic heterocycles. The summed E-state index contributed by atoms with van der Waals surface area (Å²) in [5.41, 5.74) is 1.33. The Morgan fingerprint density at radius 1 is 0.913 bits per heavy atom. The van der Waals surface area contributed by atoms with Crippen LogP contribution >= 0.6 is 0 Å². The average Bonchev–Trinajstić information content (AvgIpc) is 2.61. The molecule has 0 aliphatic rings. The number of ketones is 1. The van der Waals surface area contributed by atoms with Crippen molar-refractivity contribution in [1.29, 1.82) is 0 Å². The number of anilines is 1. The number of rotatable bonds is 7. The third-order valence-corrected chi connectivity index (χ3v) is 3.25. The van der Waals surface area contributed by atoms with Crippen molar-refractivity contribution in [3.8, 4) is 17.2 Å². The number of allylic oxidation sites excluding steroid dienone is 1. The van der Waals surface area contributed by atoms with Gasteiger partial charge in [-0.3, -0.25) is 4.79 Å². The lowest BCUT2D eigenvalue weighted by Crippen LogP contribution is -2.00. The minimum Gasteiger partial charge on any atom is -0.497 e. The monoisotopic (exact) mass is 313 g/mol. The van der Waals surface area contributed by atoms with E-state index in [-0.39, 0.29) is 5.78 Å². The molecule has 0 fully saturated rings. The first kappa shape index (κ1) is 16.4. The zero-order valence-corrected chi connectivity index (χ0v) is 13.3. The molecule has 0 heterocycles. The maximum absolute atomic E-state index is 12.2. The summed E-state index contributed by atoms with van der Waals surface area (Å²) < 4.78 is 15.4. The van der Waals surface area contributed by atoms with Crippen LogP contribution in [0.1, 0.15) is 10.4 Å². The first-order valence-electron chi connectivity index (χ1n) is 7.01. The van der Waals surface area contributed by atoms with Gasteiger partial charge in [0.1, 0.15) is 17.2 Å². The molecular weight excluding hydrogens is 294 g/mol. The Balaban J connectivity index is 2.05. The van der Waals surface area contributed by atoms with Crippen LogP contribution in [-0.4, -0.2) is 27.1 Å². The van der Waals surface area contributed by atoms with E-state index in [2.05, 4.69) is 5.32 Å². The number of methoxy groups -OCH3 is 3. The lowest BCUT2D eigenvalue weighted by Gasteiger charge is -2.08. The van der Waals surface area contributed by atoms with E-state index >= 15 is 0 Å². The van der Waals surface area contributed by atoms with Gasteiger partial charge in [-0.05, 0) is 36.4 Å². The largest absolute Gasteiger partial charge is 0.497 e. The van der Waals surface area contributed by atoms with Gasteiger partial charge in [-0.2, -0.15) is 0 Å². The van der Waals surface area contributed by atoms with Crippen LogP contribution in [0.3, 0.4) is 0 Å². The molecule has 0 amide bonds. The molecule has 5 heteroatoms. The molecule has 0 aliphatic carbocycles. The maximum Gasteiger partial charge on any atom is 0.191 e. The SMILES string of the molecule is COc1ccc(NC=CC(=O)c2ccc(OC)cc2OC)cc1. The molecule has 2 rings (SSSR count). The summed E-state index contributed by atoms with van der Waals surface area (Å²) in [6.07, 6.45) is 3.04. The minimum absolute atomic E-state index is 0.162. The van der Waals surface area contributed by atoms with Crippen LogP contribution in [0.25, 0.3) is 0 Å². The van der Waals surface area contributed by atoms with Gasteiger partial charge in [0.05, 0.1) is 26.9 Å². The topological polar surface area (TPSA) is 56.8 Å². The van der Waals surface area contributed by atoms with E-state index in [1.165, 1.54) is 13.2 Å². The summed E-state index contributed by atoms with van der Waals surface area (Å²) in [6, 6.07) is 12.5. The third-order valence-electron chi connectivity index (χ3n) is 3.25. The maximum atomic E-state index is 12.2. The van der Waals surface area contributed by atoms with Crippen LogP contribution in [0.5, 0.6) is 17.2 Å². The van der Waals surface area contributed by atoms with Gasteiger partial charge in [-0.1, -0.05) is 0 Å². The molecule has 0 saturated heterocycles. The molecular formula is C18H19NO4. The number of carbonyl (C=O) groups is 1. The molecule has 0 unspecified atom stereocenters. The molecule has 1 N–H and O–H groups in total. The molecule has 0 saturated carbocycles. The second kappa shape index (κ2) is 7.89. The molecule has 23 heavy (non-hydrogen) atoms. The summed E-state index contributed by atoms with van der Waals surface area (Å²) in [7, 11) is 4.70. The lowest BCUT2D eigenvalue weighted by atomic mass is 10.1. The standard InChI is InChI=1S/C18H19NO4/c1-21-14-6-4-13(5-7-14)19-11-10-17(20)16-9-8-15(22-2)12-18(16)23-3/h4-12,19H,1-3H3. The zero-order valence-electron chi connectivity index (χ0n) is 13.3. The van der Waals surface area contributed by atoms with Gasteiger partial charge in [0.15, 0.2) is 5.78 Å². The molecule has 120 valence electrons. The highest BCUT2D eigenvalue weighted by Gasteiger charge is 2.10. The summed E-state index contributed by atoms with van der Waals surface area (Å²) in [5, 5.41) is 3.03. The van der Waals surface area contributed by atoms with Gasteiger partial charge < -0.3 is 19.5 Å². The average molecular weight is 313 g/mol.